The predicted molar refractivity (Wildman–Crippen MR) is 130 cm³/mol. The fourth-order valence-electron chi connectivity index (χ4n) is 3.05. The molecule has 0 atom stereocenters. The monoisotopic (exact) mass is 465 g/mol. The maximum absolute atomic E-state index is 12.9. The molecule has 0 radical (unpaired) electrons. The fraction of sp³-hybridized carbons (Fsp3) is 0.200. The van der Waals surface area contributed by atoms with E-state index in [9.17, 15) is 13.2 Å². The molecule has 0 saturated heterocycles. The Labute approximate surface area is 194 Å². The first-order valence-corrected chi connectivity index (χ1v) is 11.9. The van der Waals surface area contributed by atoms with Gasteiger partial charge in [0.05, 0.1) is 22.9 Å². The Morgan fingerprint density at radius 1 is 0.939 bits per heavy atom. The van der Waals surface area contributed by atoms with Crippen LogP contribution in [0.1, 0.15) is 35.3 Å². The van der Waals surface area contributed by atoms with Crippen LogP contribution in [0.5, 0.6) is 5.75 Å². The summed E-state index contributed by atoms with van der Waals surface area (Å²) in [7, 11) is -2.22. The molecule has 0 aliphatic carbocycles. The van der Waals surface area contributed by atoms with Gasteiger partial charge in [-0.1, -0.05) is 17.7 Å². The first-order chi connectivity index (χ1) is 15.7. The number of carbonyl (C=O) groups excluding carboxylic acids is 1. The number of hydrogen-bond acceptors (Lipinski definition) is 5. The molecule has 172 valence electrons. The van der Waals surface area contributed by atoms with Crippen LogP contribution in [0.4, 0.5) is 5.69 Å². The number of amides is 1. The number of aryl methyl sites for hydroxylation is 1. The Hall–Kier alpha value is -3.65. The summed E-state index contributed by atoms with van der Waals surface area (Å²) in [6.45, 7) is 6.20. The molecule has 1 amide bonds. The lowest BCUT2D eigenvalue weighted by molar-refractivity contribution is 0.0955. The lowest BCUT2D eigenvalue weighted by atomic mass is 10.1. The zero-order valence-corrected chi connectivity index (χ0v) is 19.9. The summed E-state index contributed by atoms with van der Waals surface area (Å²) in [5.74, 6) is 0.378. The van der Waals surface area contributed by atoms with Crippen LogP contribution in [-0.4, -0.2) is 33.7 Å². The number of rotatable bonds is 8. The van der Waals surface area contributed by atoms with Crippen LogP contribution in [-0.2, 0) is 10.0 Å². The molecule has 0 fully saturated rings. The van der Waals surface area contributed by atoms with Crippen molar-refractivity contribution < 1.29 is 17.9 Å². The summed E-state index contributed by atoms with van der Waals surface area (Å²) in [4.78, 5) is 12.7. The van der Waals surface area contributed by atoms with Gasteiger partial charge in [-0.05, 0) is 87.0 Å². The van der Waals surface area contributed by atoms with Crippen LogP contribution >= 0.6 is 0 Å². The van der Waals surface area contributed by atoms with Crippen molar-refractivity contribution in [1.29, 1.82) is 0 Å². The first kappa shape index (κ1) is 24.0. The molecule has 0 spiro atoms. The zero-order valence-electron chi connectivity index (χ0n) is 19.1. The van der Waals surface area contributed by atoms with Gasteiger partial charge in [-0.2, -0.15) is 5.10 Å². The van der Waals surface area contributed by atoms with Crippen molar-refractivity contribution in [3.05, 3.63) is 89.5 Å². The second-order valence-corrected chi connectivity index (χ2v) is 9.40. The summed E-state index contributed by atoms with van der Waals surface area (Å²) < 4.78 is 32.3. The second-order valence-electron chi connectivity index (χ2n) is 7.43. The van der Waals surface area contributed by atoms with Crippen molar-refractivity contribution in [3.8, 4) is 5.75 Å². The Morgan fingerprint density at radius 3 is 2.09 bits per heavy atom. The van der Waals surface area contributed by atoms with Gasteiger partial charge in [0.25, 0.3) is 15.9 Å². The van der Waals surface area contributed by atoms with E-state index < -0.39 is 15.9 Å². The number of anilines is 1. The molecule has 0 aromatic heterocycles. The fourth-order valence-corrected chi connectivity index (χ4v) is 4.25. The van der Waals surface area contributed by atoms with E-state index in [-0.39, 0.29) is 4.90 Å². The van der Waals surface area contributed by atoms with E-state index in [1.165, 1.54) is 11.4 Å². The van der Waals surface area contributed by atoms with Crippen molar-refractivity contribution in [2.24, 2.45) is 5.10 Å². The maximum atomic E-state index is 12.9. The molecule has 8 heteroatoms. The Kier molecular flexibility index (Phi) is 7.50. The summed E-state index contributed by atoms with van der Waals surface area (Å²) in [5, 5.41) is 4.16. The van der Waals surface area contributed by atoms with E-state index in [0.29, 0.717) is 23.6 Å². The standard InChI is InChI=1S/C25H27N3O4S/c1-5-32-23-14-10-20(11-15-23)19(3)26-27-25(29)21-8-12-22(13-9-21)28(4)33(30,31)24-16-6-18(2)7-17-24/h6-17H,5H2,1-4H3,(H,27,29)/b26-19-. The SMILES string of the molecule is CCOc1ccc(/C(C)=N\NC(=O)c2ccc(N(C)S(=O)(=O)c3ccc(C)cc3)cc2)cc1. The van der Waals surface area contributed by atoms with Crippen molar-refractivity contribution in [2.75, 3.05) is 18.0 Å². The zero-order chi connectivity index (χ0) is 24.0. The molecule has 7 nitrogen and oxygen atoms in total. The van der Waals surface area contributed by atoms with E-state index in [2.05, 4.69) is 10.5 Å². The van der Waals surface area contributed by atoms with Crippen molar-refractivity contribution in [3.63, 3.8) is 0 Å². The number of hydrogen-bond donors (Lipinski definition) is 1. The third-order valence-corrected chi connectivity index (χ3v) is 6.88. The maximum Gasteiger partial charge on any atom is 0.271 e. The molecule has 0 aliphatic rings. The largest absolute Gasteiger partial charge is 0.494 e. The number of sulfonamides is 1. The number of nitrogens with one attached hydrogen (secondary N) is 1. The van der Waals surface area contributed by atoms with Gasteiger partial charge in [0.15, 0.2) is 0 Å². The minimum atomic E-state index is -3.70. The molecule has 0 heterocycles. The molecule has 1 N–H and O–H groups in total. The first-order valence-electron chi connectivity index (χ1n) is 10.5. The second kappa shape index (κ2) is 10.3. The highest BCUT2D eigenvalue weighted by atomic mass is 32.2. The normalized spacial score (nSPS) is 11.7. The van der Waals surface area contributed by atoms with Crippen LogP contribution in [0, 0.1) is 6.92 Å². The van der Waals surface area contributed by atoms with Crippen LogP contribution in [0.2, 0.25) is 0 Å². The van der Waals surface area contributed by atoms with E-state index >= 15 is 0 Å². The lowest BCUT2D eigenvalue weighted by Gasteiger charge is -2.19. The van der Waals surface area contributed by atoms with Crippen LogP contribution in [0.25, 0.3) is 0 Å². The van der Waals surface area contributed by atoms with Gasteiger partial charge in [0.2, 0.25) is 0 Å². The van der Waals surface area contributed by atoms with Crippen molar-refractivity contribution in [2.45, 2.75) is 25.7 Å². The number of nitrogens with zero attached hydrogens (tertiary/aromatic N) is 2. The van der Waals surface area contributed by atoms with E-state index in [1.807, 2.05) is 38.1 Å². The van der Waals surface area contributed by atoms with E-state index in [0.717, 1.165) is 16.9 Å². The minimum Gasteiger partial charge on any atom is -0.494 e. The van der Waals surface area contributed by atoms with Crippen LogP contribution in [0.15, 0.2) is 82.8 Å². The lowest BCUT2D eigenvalue weighted by Crippen LogP contribution is -2.26. The smallest absolute Gasteiger partial charge is 0.271 e. The van der Waals surface area contributed by atoms with Gasteiger partial charge in [0.1, 0.15) is 5.75 Å². The van der Waals surface area contributed by atoms with Crippen LogP contribution < -0.4 is 14.5 Å². The molecule has 0 bridgehead atoms. The summed E-state index contributed by atoms with van der Waals surface area (Å²) in [6.07, 6.45) is 0. The van der Waals surface area contributed by atoms with Crippen LogP contribution in [0.3, 0.4) is 0 Å². The van der Waals surface area contributed by atoms with Gasteiger partial charge < -0.3 is 4.74 Å². The molecule has 0 unspecified atom stereocenters. The number of benzene rings is 3. The van der Waals surface area contributed by atoms with E-state index in [4.69, 9.17) is 4.74 Å². The number of hydrazone groups is 1. The number of carbonyl (C=O) groups is 1. The average molecular weight is 466 g/mol. The summed E-state index contributed by atoms with van der Waals surface area (Å²) in [5.41, 5.74) is 5.83. The van der Waals surface area contributed by atoms with Crippen molar-refractivity contribution >= 4 is 27.3 Å². The van der Waals surface area contributed by atoms with Gasteiger partial charge in [0, 0.05) is 12.6 Å². The summed E-state index contributed by atoms with van der Waals surface area (Å²) >= 11 is 0. The predicted octanol–water partition coefficient (Wildman–Crippen LogP) is 4.37. The molecular formula is C25H27N3O4S. The van der Waals surface area contributed by atoms with Crippen molar-refractivity contribution in [1.82, 2.24) is 5.43 Å². The quantitative estimate of drug-likeness (QED) is 0.395. The van der Waals surface area contributed by atoms with Gasteiger partial charge >= 0.3 is 0 Å². The minimum absolute atomic E-state index is 0.205. The molecule has 0 aliphatic heterocycles. The third-order valence-electron chi connectivity index (χ3n) is 5.08. The third kappa shape index (κ3) is 5.78. The molecule has 33 heavy (non-hydrogen) atoms. The summed E-state index contributed by atoms with van der Waals surface area (Å²) in [6, 6.07) is 20.4. The molecule has 3 aromatic carbocycles. The van der Waals surface area contributed by atoms with Gasteiger partial charge in [-0.15, -0.1) is 0 Å². The molecular weight excluding hydrogens is 438 g/mol. The highest BCUT2D eigenvalue weighted by Crippen LogP contribution is 2.22. The topological polar surface area (TPSA) is 88.1 Å². The van der Waals surface area contributed by atoms with Gasteiger partial charge in [-0.25, -0.2) is 13.8 Å². The molecule has 3 rings (SSSR count). The van der Waals surface area contributed by atoms with E-state index in [1.54, 1.807) is 55.5 Å². The molecule has 0 saturated carbocycles. The van der Waals surface area contributed by atoms with Gasteiger partial charge in [-0.3, -0.25) is 9.10 Å². The highest BCUT2D eigenvalue weighted by molar-refractivity contribution is 7.92. The number of ether oxygens (including phenoxy) is 1. The molecule has 3 aromatic rings. The Morgan fingerprint density at radius 2 is 1.52 bits per heavy atom. The Balaban J connectivity index is 1.68. The Bertz CT molecular complexity index is 1230. The highest BCUT2D eigenvalue weighted by Gasteiger charge is 2.21. The average Bonchev–Trinajstić information content (AvgIpc) is 2.83.